The zero-order valence-corrected chi connectivity index (χ0v) is 14.6. The van der Waals surface area contributed by atoms with Crippen LogP contribution in [0, 0.1) is 5.41 Å². The largest absolute Gasteiger partial charge is 0.426 e. The van der Waals surface area contributed by atoms with E-state index in [4.69, 9.17) is 9.47 Å². The van der Waals surface area contributed by atoms with Crippen LogP contribution in [0.15, 0.2) is 24.3 Å². The fourth-order valence-electron chi connectivity index (χ4n) is 1.43. The molecule has 0 spiro atoms. The van der Waals surface area contributed by atoms with Crippen molar-refractivity contribution in [2.45, 2.75) is 33.6 Å². The number of benzene rings is 1. The molecule has 0 atom stereocenters. The number of hydrogen-bond donors (Lipinski definition) is 0. The second-order valence-electron chi connectivity index (χ2n) is 5.69. The summed E-state index contributed by atoms with van der Waals surface area (Å²) in [5.41, 5.74) is 0.709. The summed E-state index contributed by atoms with van der Waals surface area (Å²) in [7, 11) is 0. The van der Waals surface area contributed by atoms with Gasteiger partial charge in [-0.05, 0) is 51.3 Å². The Morgan fingerprint density at radius 1 is 1.15 bits per heavy atom. The normalized spacial score (nSPS) is 11.4. The Bertz CT molecular complexity index is 407. The van der Waals surface area contributed by atoms with Gasteiger partial charge in [0.1, 0.15) is 5.75 Å². The van der Waals surface area contributed by atoms with Crippen molar-refractivity contribution < 1.29 is 14.3 Å². The molecular formula is C16H23IO3. The minimum Gasteiger partial charge on any atom is -0.426 e. The van der Waals surface area contributed by atoms with Gasteiger partial charge in [-0.2, -0.15) is 0 Å². The number of carbonyl (C=O) groups is 1. The number of esters is 1. The maximum Gasteiger partial charge on any atom is 0.316 e. The maximum absolute atomic E-state index is 11.7. The van der Waals surface area contributed by atoms with E-state index in [2.05, 4.69) is 22.6 Å². The lowest BCUT2D eigenvalue weighted by atomic mass is 9.97. The molecular weight excluding hydrogens is 367 g/mol. The Hall–Kier alpha value is -0.620. The minimum atomic E-state index is -0.481. The van der Waals surface area contributed by atoms with Gasteiger partial charge in [0, 0.05) is 11.0 Å². The van der Waals surface area contributed by atoms with Gasteiger partial charge in [-0.25, -0.2) is 0 Å². The van der Waals surface area contributed by atoms with E-state index in [0.717, 1.165) is 30.5 Å². The van der Waals surface area contributed by atoms with Crippen molar-refractivity contribution in [3.8, 4) is 5.75 Å². The SMILES string of the molecule is CC(C)(C)C(=O)Oc1ccc(CCOCCCI)cc1. The van der Waals surface area contributed by atoms with Crippen molar-refractivity contribution in [1.82, 2.24) is 0 Å². The molecule has 0 aliphatic heterocycles. The predicted molar refractivity (Wildman–Crippen MR) is 89.6 cm³/mol. The summed E-state index contributed by atoms with van der Waals surface area (Å²) in [4.78, 5) is 11.7. The summed E-state index contributed by atoms with van der Waals surface area (Å²) >= 11 is 2.35. The number of rotatable bonds is 7. The Labute approximate surface area is 135 Å². The molecule has 0 saturated carbocycles. The minimum absolute atomic E-state index is 0.215. The fraction of sp³-hybridized carbons (Fsp3) is 0.562. The predicted octanol–water partition coefficient (Wildman–Crippen LogP) is 4.02. The van der Waals surface area contributed by atoms with Gasteiger partial charge < -0.3 is 9.47 Å². The van der Waals surface area contributed by atoms with E-state index >= 15 is 0 Å². The molecule has 4 heteroatoms. The number of ether oxygens (including phenoxy) is 2. The quantitative estimate of drug-likeness (QED) is 0.232. The van der Waals surface area contributed by atoms with E-state index in [1.807, 2.05) is 45.0 Å². The van der Waals surface area contributed by atoms with Gasteiger partial charge in [-0.1, -0.05) is 34.7 Å². The molecule has 0 bridgehead atoms. The smallest absolute Gasteiger partial charge is 0.316 e. The Morgan fingerprint density at radius 2 is 1.80 bits per heavy atom. The van der Waals surface area contributed by atoms with E-state index in [-0.39, 0.29) is 5.97 Å². The molecule has 1 aromatic carbocycles. The third kappa shape index (κ3) is 6.70. The van der Waals surface area contributed by atoms with Crippen molar-refractivity contribution in [2.24, 2.45) is 5.41 Å². The Kier molecular flexibility index (Phi) is 7.51. The molecule has 0 aromatic heterocycles. The lowest BCUT2D eigenvalue weighted by molar-refractivity contribution is -0.142. The van der Waals surface area contributed by atoms with Gasteiger partial charge in [0.05, 0.1) is 12.0 Å². The zero-order chi connectivity index (χ0) is 15.0. The van der Waals surface area contributed by atoms with E-state index < -0.39 is 5.41 Å². The summed E-state index contributed by atoms with van der Waals surface area (Å²) < 4.78 is 12.0. The summed E-state index contributed by atoms with van der Waals surface area (Å²) in [6.07, 6.45) is 1.98. The van der Waals surface area contributed by atoms with Crippen molar-refractivity contribution in [1.29, 1.82) is 0 Å². The van der Waals surface area contributed by atoms with Gasteiger partial charge in [0.15, 0.2) is 0 Å². The molecule has 0 aliphatic carbocycles. The Balaban J connectivity index is 2.39. The number of halogens is 1. The number of alkyl halides is 1. The van der Waals surface area contributed by atoms with Gasteiger partial charge >= 0.3 is 5.97 Å². The van der Waals surface area contributed by atoms with Gasteiger partial charge in [0.25, 0.3) is 0 Å². The first kappa shape index (κ1) is 17.4. The molecule has 112 valence electrons. The Morgan fingerprint density at radius 3 is 2.35 bits per heavy atom. The maximum atomic E-state index is 11.7. The van der Waals surface area contributed by atoms with Crippen LogP contribution in [0.2, 0.25) is 0 Å². The van der Waals surface area contributed by atoms with Crippen LogP contribution in [0.3, 0.4) is 0 Å². The van der Waals surface area contributed by atoms with Crippen LogP contribution >= 0.6 is 22.6 Å². The van der Waals surface area contributed by atoms with Gasteiger partial charge in [-0.3, -0.25) is 4.79 Å². The lowest BCUT2D eigenvalue weighted by Gasteiger charge is -2.16. The lowest BCUT2D eigenvalue weighted by Crippen LogP contribution is -2.25. The average molecular weight is 390 g/mol. The first-order valence-electron chi connectivity index (χ1n) is 6.88. The van der Waals surface area contributed by atoms with E-state index in [1.165, 1.54) is 5.56 Å². The summed E-state index contributed by atoms with van der Waals surface area (Å²) in [6.45, 7) is 7.09. The monoisotopic (exact) mass is 390 g/mol. The fourth-order valence-corrected chi connectivity index (χ4v) is 1.74. The van der Waals surface area contributed by atoms with Crippen molar-refractivity contribution in [2.75, 3.05) is 17.6 Å². The van der Waals surface area contributed by atoms with Crippen molar-refractivity contribution in [3.05, 3.63) is 29.8 Å². The zero-order valence-electron chi connectivity index (χ0n) is 12.4. The molecule has 0 radical (unpaired) electrons. The number of hydrogen-bond acceptors (Lipinski definition) is 3. The van der Waals surface area contributed by atoms with E-state index in [9.17, 15) is 4.79 Å². The molecule has 0 aliphatic rings. The van der Waals surface area contributed by atoms with Crippen LogP contribution in [-0.4, -0.2) is 23.6 Å². The molecule has 20 heavy (non-hydrogen) atoms. The summed E-state index contributed by atoms with van der Waals surface area (Å²) in [5, 5.41) is 0. The molecule has 0 fully saturated rings. The van der Waals surface area contributed by atoms with Crippen LogP contribution in [0.25, 0.3) is 0 Å². The van der Waals surface area contributed by atoms with Crippen LogP contribution in [0.4, 0.5) is 0 Å². The highest BCUT2D eigenvalue weighted by Gasteiger charge is 2.23. The molecule has 0 N–H and O–H groups in total. The average Bonchev–Trinajstić information content (AvgIpc) is 2.39. The highest BCUT2D eigenvalue weighted by molar-refractivity contribution is 14.1. The number of carbonyl (C=O) groups excluding carboxylic acids is 1. The van der Waals surface area contributed by atoms with Crippen LogP contribution in [0.1, 0.15) is 32.8 Å². The molecule has 0 amide bonds. The summed E-state index contributed by atoms with van der Waals surface area (Å²) in [6, 6.07) is 7.63. The molecule has 1 aromatic rings. The van der Waals surface area contributed by atoms with Gasteiger partial charge in [0.2, 0.25) is 0 Å². The van der Waals surface area contributed by atoms with Crippen LogP contribution in [0.5, 0.6) is 5.75 Å². The molecule has 3 nitrogen and oxygen atoms in total. The van der Waals surface area contributed by atoms with Gasteiger partial charge in [-0.15, -0.1) is 0 Å². The van der Waals surface area contributed by atoms with Crippen LogP contribution in [-0.2, 0) is 16.0 Å². The third-order valence-corrected chi connectivity index (χ3v) is 3.47. The molecule has 0 unspecified atom stereocenters. The molecule has 0 heterocycles. The highest BCUT2D eigenvalue weighted by Crippen LogP contribution is 2.19. The van der Waals surface area contributed by atoms with Crippen molar-refractivity contribution in [3.63, 3.8) is 0 Å². The standard InChI is InChI=1S/C16H23IO3/c1-16(2,3)15(18)20-14-7-5-13(6-8-14)9-12-19-11-4-10-17/h5-8H,4,9-12H2,1-3H3. The van der Waals surface area contributed by atoms with E-state index in [1.54, 1.807) is 0 Å². The first-order valence-corrected chi connectivity index (χ1v) is 8.41. The highest BCUT2D eigenvalue weighted by atomic mass is 127. The summed E-state index contributed by atoms with van der Waals surface area (Å²) in [5.74, 6) is 0.381. The van der Waals surface area contributed by atoms with E-state index in [0.29, 0.717) is 5.75 Å². The molecule has 1 rings (SSSR count). The second-order valence-corrected chi connectivity index (χ2v) is 6.77. The third-order valence-electron chi connectivity index (χ3n) is 2.70. The first-order chi connectivity index (χ1) is 9.43. The van der Waals surface area contributed by atoms with Crippen LogP contribution < -0.4 is 4.74 Å². The van der Waals surface area contributed by atoms with Crippen molar-refractivity contribution >= 4 is 28.6 Å². The second kappa shape index (κ2) is 8.62. The topological polar surface area (TPSA) is 35.5 Å². The molecule has 0 saturated heterocycles.